The zero-order valence-electron chi connectivity index (χ0n) is 13.4. The maximum Gasteiger partial charge on any atom is 0.0434 e. The van der Waals surface area contributed by atoms with E-state index < -0.39 is 0 Å². The van der Waals surface area contributed by atoms with E-state index in [1.165, 1.54) is 64.2 Å². The summed E-state index contributed by atoms with van der Waals surface area (Å²) in [5.74, 6) is 0.670. The molecule has 1 atom stereocenters. The van der Waals surface area contributed by atoms with E-state index in [2.05, 4.69) is 19.2 Å². The number of unbranched alkanes of at least 4 members (excludes halogenated alkanes) is 7. The van der Waals surface area contributed by atoms with Gasteiger partial charge in [-0.25, -0.2) is 0 Å². The Balaban J connectivity index is 3.20. The van der Waals surface area contributed by atoms with Crippen LogP contribution in [-0.4, -0.2) is 24.8 Å². The first-order valence-electron chi connectivity index (χ1n) is 8.66. The minimum Gasteiger partial charge on any atom is -0.396 e. The molecule has 2 heteroatoms. The largest absolute Gasteiger partial charge is 0.396 e. The van der Waals surface area contributed by atoms with Crippen LogP contribution in [0.2, 0.25) is 0 Å². The highest BCUT2D eigenvalue weighted by atomic mass is 16.3. The fourth-order valence-electron chi connectivity index (χ4n) is 2.63. The molecule has 0 saturated heterocycles. The summed E-state index contributed by atoms with van der Waals surface area (Å²) in [6.45, 7) is 7.08. The van der Waals surface area contributed by atoms with Gasteiger partial charge in [0.2, 0.25) is 0 Å². The van der Waals surface area contributed by atoms with E-state index >= 15 is 0 Å². The van der Waals surface area contributed by atoms with Gasteiger partial charge < -0.3 is 10.4 Å². The molecule has 0 aromatic carbocycles. The molecule has 0 radical (unpaired) electrons. The summed E-state index contributed by atoms with van der Waals surface area (Å²) in [6.07, 6.45) is 14.5. The van der Waals surface area contributed by atoms with Gasteiger partial charge in [-0.05, 0) is 38.3 Å². The summed E-state index contributed by atoms with van der Waals surface area (Å²) in [4.78, 5) is 0. The van der Waals surface area contributed by atoms with Crippen LogP contribution in [0, 0.1) is 5.92 Å². The molecular formula is C17H37NO. The Morgan fingerprint density at radius 1 is 0.789 bits per heavy atom. The van der Waals surface area contributed by atoms with Crippen LogP contribution in [-0.2, 0) is 0 Å². The molecule has 0 bridgehead atoms. The Hall–Kier alpha value is -0.0800. The summed E-state index contributed by atoms with van der Waals surface area (Å²) in [5, 5.41) is 12.6. The molecule has 0 rings (SSSR count). The molecule has 0 fully saturated rings. The summed E-state index contributed by atoms with van der Waals surface area (Å²) < 4.78 is 0. The lowest BCUT2D eigenvalue weighted by Gasteiger charge is -2.15. The highest BCUT2D eigenvalue weighted by Gasteiger charge is 2.05. The molecule has 0 aromatic rings. The molecule has 2 nitrogen and oxygen atoms in total. The Kier molecular flexibility index (Phi) is 15.9. The van der Waals surface area contributed by atoms with E-state index in [0.29, 0.717) is 12.5 Å². The van der Waals surface area contributed by atoms with Crippen LogP contribution in [0.3, 0.4) is 0 Å². The van der Waals surface area contributed by atoms with Gasteiger partial charge >= 0.3 is 0 Å². The van der Waals surface area contributed by atoms with Gasteiger partial charge in [-0.2, -0.15) is 0 Å². The van der Waals surface area contributed by atoms with Crippen molar-refractivity contribution in [2.45, 2.75) is 84.5 Å². The molecule has 0 saturated carbocycles. The number of aliphatic hydroxyl groups excluding tert-OH is 1. The monoisotopic (exact) mass is 271 g/mol. The van der Waals surface area contributed by atoms with Crippen molar-refractivity contribution in [2.75, 3.05) is 19.7 Å². The van der Waals surface area contributed by atoms with Crippen molar-refractivity contribution in [1.82, 2.24) is 5.32 Å². The molecule has 2 N–H and O–H groups in total. The SMILES string of the molecule is CCCCCCCCCCNCC(CCC)CCO. The number of nitrogens with one attached hydrogen (secondary N) is 1. The van der Waals surface area contributed by atoms with Gasteiger partial charge in [0.1, 0.15) is 0 Å². The van der Waals surface area contributed by atoms with Crippen LogP contribution in [0.25, 0.3) is 0 Å². The van der Waals surface area contributed by atoms with Gasteiger partial charge in [0.05, 0.1) is 0 Å². The molecular weight excluding hydrogens is 234 g/mol. The normalized spacial score (nSPS) is 12.8. The van der Waals surface area contributed by atoms with Crippen LogP contribution < -0.4 is 5.32 Å². The van der Waals surface area contributed by atoms with E-state index in [9.17, 15) is 0 Å². The number of hydrogen-bond acceptors (Lipinski definition) is 2. The van der Waals surface area contributed by atoms with Gasteiger partial charge in [-0.15, -0.1) is 0 Å². The van der Waals surface area contributed by atoms with Crippen LogP contribution in [0.4, 0.5) is 0 Å². The first-order valence-corrected chi connectivity index (χ1v) is 8.66. The lowest BCUT2D eigenvalue weighted by molar-refractivity contribution is 0.248. The summed E-state index contributed by atoms with van der Waals surface area (Å²) in [7, 11) is 0. The fourth-order valence-corrected chi connectivity index (χ4v) is 2.63. The topological polar surface area (TPSA) is 32.3 Å². The van der Waals surface area contributed by atoms with Crippen molar-refractivity contribution in [3.05, 3.63) is 0 Å². The quantitative estimate of drug-likeness (QED) is 0.429. The zero-order valence-corrected chi connectivity index (χ0v) is 13.4. The maximum absolute atomic E-state index is 9.00. The predicted molar refractivity (Wildman–Crippen MR) is 85.6 cm³/mol. The van der Waals surface area contributed by atoms with Crippen molar-refractivity contribution in [2.24, 2.45) is 5.92 Å². The maximum atomic E-state index is 9.00. The molecule has 0 aliphatic rings. The summed E-state index contributed by atoms with van der Waals surface area (Å²) in [6, 6.07) is 0. The van der Waals surface area contributed by atoms with Crippen molar-refractivity contribution in [1.29, 1.82) is 0 Å². The molecule has 116 valence electrons. The molecule has 0 aliphatic carbocycles. The first kappa shape index (κ1) is 18.9. The van der Waals surface area contributed by atoms with E-state index in [4.69, 9.17) is 5.11 Å². The van der Waals surface area contributed by atoms with Gasteiger partial charge in [0.15, 0.2) is 0 Å². The second-order valence-corrected chi connectivity index (χ2v) is 5.85. The number of rotatable bonds is 15. The van der Waals surface area contributed by atoms with Crippen LogP contribution >= 0.6 is 0 Å². The van der Waals surface area contributed by atoms with Crippen molar-refractivity contribution in [3.63, 3.8) is 0 Å². The lowest BCUT2D eigenvalue weighted by atomic mass is 10.0. The summed E-state index contributed by atoms with van der Waals surface area (Å²) >= 11 is 0. The van der Waals surface area contributed by atoms with E-state index in [0.717, 1.165) is 19.5 Å². The standard InChI is InChI=1S/C17H37NO/c1-3-5-6-7-8-9-10-11-14-18-16-17(12-4-2)13-15-19/h17-19H,3-16H2,1-2H3. The second kappa shape index (κ2) is 16.0. The van der Waals surface area contributed by atoms with Gasteiger partial charge in [-0.3, -0.25) is 0 Å². The Morgan fingerprint density at radius 3 is 2.00 bits per heavy atom. The second-order valence-electron chi connectivity index (χ2n) is 5.85. The highest BCUT2D eigenvalue weighted by Crippen LogP contribution is 2.10. The van der Waals surface area contributed by atoms with E-state index in [-0.39, 0.29) is 0 Å². The third-order valence-corrected chi connectivity index (χ3v) is 3.87. The Bertz CT molecular complexity index is 155. The minimum atomic E-state index is 0.337. The van der Waals surface area contributed by atoms with Crippen LogP contribution in [0.15, 0.2) is 0 Å². The zero-order chi connectivity index (χ0) is 14.2. The van der Waals surface area contributed by atoms with Gasteiger partial charge in [-0.1, -0.05) is 65.2 Å². The molecule has 0 aromatic heterocycles. The molecule has 1 unspecified atom stereocenters. The van der Waals surface area contributed by atoms with E-state index in [1.807, 2.05) is 0 Å². The smallest absolute Gasteiger partial charge is 0.0434 e. The van der Waals surface area contributed by atoms with Gasteiger partial charge in [0.25, 0.3) is 0 Å². The highest BCUT2D eigenvalue weighted by molar-refractivity contribution is 4.62. The van der Waals surface area contributed by atoms with Crippen LogP contribution in [0.1, 0.15) is 84.5 Å². The molecule has 0 aliphatic heterocycles. The fraction of sp³-hybridized carbons (Fsp3) is 1.00. The van der Waals surface area contributed by atoms with E-state index in [1.54, 1.807) is 0 Å². The molecule has 0 amide bonds. The number of aliphatic hydroxyl groups is 1. The minimum absolute atomic E-state index is 0.337. The van der Waals surface area contributed by atoms with Crippen molar-refractivity contribution in [3.8, 4) is 0 Å². The average Bonchev–Trinajstić information content (AvgIpc) is 2.41. The molecule has 0 spiro atoms. The van der Waals surface area contributed by atoms with Crippen molar-refractivity contribution >= 4 is 0 Å². The first-order chi connectivity index (χ1) is 9.35. The predicted octanol–water partition coefficient (Wildman–Crippen LogP) is 4.52. The summed E-state index contributed by atoms with van der Waals surface area (Å²) in [5.41, 5.74) is 0. The third-order valence-electron chi connectivity index (χ3n) is 3.87. The average molecular weight is 271 g/mol. The van der Waals surface area contributed by atoms with Gasteiger partial charge in [0, 0.05) is 6.61 Å². The number of hydrogen-bond donors (Lipinski definition) is 2. The Morgan fingerprint density at radius 2 is 1.42 bits per heavy atom. The molecule has 0 heterocycles. The third kappa shape index (κ3) is 14.1. The van der Waals surface area contributed by atoms with Crippen LogP contribution in [0.5, 0.6) is 0 Å². The molecule has 19 heavy (non-hydrogen) atoms. The Labute approximate surface area is 121 Å². The lowest BCUT2D eigenvalue weighted by Crippen LogP contribution is -2.24. The van der Waals surface area contributed by atoms with Crippen molar-refractivity contribution < 1.29 is 5.11 Å².